The molecule has 0 fully saturated rings. The molecular formula is C12H12ClIN2S. The van der Waals surface area contributed by atoms with Crippen LogP contribution in [-0.4, -0.2) is 9.55 Å². The first kappa shape index (κ1) is 13.1. The van der Waals surface area contributed by atoms with Gasteiger partial charge in [0.25, 0.3) is 0 Å². The fourth-order valence-corrected chi connectivity index (χ4v) is 2.65. The molecular weight excluding hydrogens is 367 g/mol. The number of aromatic amines is 1. The van der Waals surface area contributed by atoms with Crippen molar-refractivity contribution in [2.45, 2.75) is 19.8 Å². The quantitative estimate of drug-likeness (QED) is 0.581. The number of halogens is 2. The van der Waals surface area contributed by atoms with E-state index in [9.17, 15) is 0 Å². The van der Waals surface area contributed by atoms with Crippen molar-refractivity contribution < 1.29 is 0 Å². The standard InChI is InChI=1S/C12H12ClIN2S/c1-7(2)11-6-15-12(17)16(11)10-5-8(14)3-4-9(10)13/h3-7H,1-2H3,(H,15,17). The van der Waals surface area contributed by atoms with Crippen LogP contribution in [0.3, 0.4) is 0 Å². The number of H-pyrrole nitrogens is 1. The zero-order chi connectivity index (χ0) is 12.6. The summed E-state index contributed by atoms with van der Waals surface area (Å²) in [7, 11) is 0. The maximum Gasteiger partial charge on any atom is 0.182 e. The summed E-state index contributed by atoms with van der Waals surface area (Å²) in [6.45, 7) is 4.27. The van der Waals surface area contributed by atoms with Gasteiger partial charge in [-0.25, -0.2) is 0 Å². The molecule has 0 amide bonds. The van der Waals surface area contributed by atoms with E-state index in [1.165, 1.54) is 0 Å². The summed E-state index contributed by atoms with van der Waals surface area (Å²) in [6.07, 6.45) is 1.95. The van der Waals surface area contributed by atoms with Gasteiger partial charge in [0.1, 0.15) is 0 Å². The molecule has 1 heterocycles. The molecule has 0 radical (unpaired) electrons. The molecule has 0 spiro atoms. The van der Waals surface area contributed by atoms with Crippen molar-refractivity contribution in [1.82, 2.24) is 9.55 Å². The molecule has 0 aliphatic carbocycles. The van der Waals surface area contributed by atoms with Crippen molar-refractivity contribution in [1.29, 1.82) is 0 Å². The fourth-order valence-electron chi connectivity index (χ4n) is 1.71. The summed E-state index contributed by atoms with van der Waals surface area (Å²) >= 11 is 13.8. The molecule has 0 saturated heterocycles. The molecule has 1 N–H and O–H groups in total. The van der Waals surface area contributed by atoms with Gasteiger partial charge in [0.2, 0.25) is 0 Å². The zero-order valence-corrected chi connectivity index (χ0v) is 13.2. The minimum absolute atomic E-state index is 0.386. The molecule has 2 rings (SSSR count). The van der Waals surface area contributed by atoms with E-state index in [1.54, 1.807) is 0 Å². The number of benzene rings is 1. The topological polar surface area (TPSA) is 20.7 Å². The molecule has 5 heteroatoms. The van der Waals surface area contributed by atoms with Crippen LogP contribution in [0.15, 0.2) is 24.4 Å². The molecule has 1 aromatic heterocycles. The van der Waals surface area contributed by atoms with Crippen LogP contribution in [0.4, 0.5) is 0 Å². The zero-order valence-electron chi connectivity index (χ0n) is 9.50. The van der Waals surface area contributed by atoms with Gasteiger partial charge in [0.05, 0.1) is 10.7 Å². The first-order valence-electron chi connectivity index (χ1n) is 5.26. The average molecular weight is 379 g/mol. The van der Waals surface area contributed by atoms with Gasteiger partial charge in [-0.15, -0.1) is 0 Å². The summed E-state index contributed by atoms with van der Waals surface area (Å²) in [5, 5.41) is 0.711. The highest BCUT2D eigenvalue weighted by atomic mass is 127. The molecule has 17 heavy (non-hydrogen) atoms. The lowest BCUT2D eigenvalue weighted by atomic mass is 10.1. The van der Waals surface area contributed by atoms with Gasteiger partial charge in [-0.3, -0.25) is 4.57 Å². The van der Waals surface area contributed by atoms with Crippen molar-refractivity contribution in [2.75, 3.05) is 0 Å². The maximum absolute atomic E-state index is 6.25. The summed E-state index contributed by atoms with van der Waals surface area (Å²) in [4.78, 5) is 3.08. The molecule has 1 aromatic carbocycles. The smallest absolute Gasteiger partial charge is 0.182 e. The van der Waals surface area contributed by atoms with Gasteiger partial charge >= 0.3 is 0 Å². The third-order valence-corrected chi connectivity index (χ3v) is 3.84. The summed E-state index contributed by atoms with van der Waals surface area (Å²) < 4.78 is 3.82. The van der Waals surface area contributed by atoms with Gasteiger partial charge < -0.3 is 4.98 Å². The van der Waals surface area contributed by atoms with E-state index in [4.69, 9.17) is 23.8 Å². The number of rotatable bonds is 2. The van der Waals surface area contributed by atoms with Crippen LogP contribution in [0, 0.1) is 8.34 Å². The van der Waals surface area contributed by atoms with Crippen molar-refractivity contribution in [3.05, 3.63) is 43.5 Å². The largest absolute Gasteiger partial charge is 0.337 e. The number of imidazole rings is 1. The minimum atomic E-state index is 0.386. The fraction of sp³-hybridized carbons (Fsp3) is 0.250. The first-order chi connectivity index (χ1) is 8.00. The van der Waals surface area contributed by atoms with Gasteiger partial charge in [-0.05, 0) is 58.9 Å². The monoisotopic (exact) mass is 378 g/mol. The van der Waals surface area contributed by atoms with Gasteiger partial charge in [0, 0.05) is 15.5 Å². The highest BCUT2D eigenvalue weighted by molar-refractivity contribution is 14.1. The number of hydrogen-bond donors (Lipinski definition) is 1. The van der Waals surface area contributed by atoms with Crippen molar-refractivity contribution in [3.63, 3.8) is 0 Å². The van der Waals surface area contributed by atoms with Crippen molar-refractivity contribution in [2.24, 2.45) is 0 Å². The van der Waals surface area contributed by atoms with Crippen LogP contribution in [0.1, 0.15) is 25.5 Å². The van der Waals surface area contributed by atoms with Gasteiger partial charge in [-0.2, -0.15) is 0 Å². The Balaban J connectivity index is 2.72. The Bertz CT molecular complexity index is 601. The predicted molar refractivity (Wildman–Crippen MR) is 82.8 cm³/mol. The summed E-state index contributed by atoms with van der Waals surface area (Å²) in [5.41, 5.74) is 2.08. The third-order valence-electron chi connectivity index (χ3n) is 2.55. The second-order valence-electron chi connectivity index (χ2n) is 4.10. The number of nitrogens with one attached hydrogen (secondary N) is 1. The molecule has 0 unspecified atom stereocenters. The van der Waals surface area contributed by atoms with E-state index < -0.39 is 0 Å². The Morgan fingerprint density at radius 1 is 1.41 bits per heavy atom. The number of hydrogen-bond acceptors (Lipinski definition) is 1. The van der Waals surface area contributed by atoms with Gasteiger partial charge in [0.15, 0.2) is 4.77 Å². The highest BCUT2D eigenvalue weighted by Crippen LogP contribution is 2.27. The molecule has 0 saturated carbocycles. The van der Waals surface area contributed by atoms with Crippen LogP contribution in [-0.2, 0) is 0 Å². The molecule has 2 nitrogen and oxygen atoms in total. The van der Waals surface area contributed by atoms with Crippen LogP contribution in [0.25, 0.3) is 5.69 Å². The molecule has 0 aliphatic heterocycles. The van der Waals surface area contributed by atoms with E-state index in [0.717, 1.165) is 15.0 Å². The maximum atomic E-state index is 6.25. The SMILES string of the molecule is CC(C)c1c[nH]c(=S)n1-c1cc(I)ccc1Cl. The third kappa shape index (κ3) is 2.58. The summed E-state index contributed by atoms with van der Waals surface area (Å²) in [6, 6.07) is 5.92. The van der Waals surface area contributed by atoms with Crippen LogP contribution in [0.2, 0.25) is 5.02 Å². The Kier molecular flexibility index (Phi) is 3.95. The van der Waals surface area contributed by atoms with Crippen LogP contribution >= 0.6 is 46.4 Å². The van der Waals surface area contributed by atoms with E-state index in [2.05, 4.69) is 41.4 Å². The van der Waals surface area contributed by atoms with Crippen molar-refractivity contribution >= 4 is 46.4 Å². The Morgan fingerprint density at radius 2 is 2.12 bits per heavy atom. The molecule has 90 valence electrons. The minimum Gasteiger partial charge on any atom is -0.337 e. The lowest BCUT2D eigenvalue weighted by Gasteiger charge is -2.12. The Morgan fingerprint density at radius 3 is 2.76 bits per heavy atom. The lowest BCUT2D eigenvalue weighted by Crippen LogP contribution is -2.03. The summed E-state index contributed by atoms with van der Waals surface area (Å²) in [5.74, 6) is 0.386. The highest BCUT2D eigenvalue weighted by Gasteiger charge is 2.12. The Labute approximate surface area is 124 Å². The van der Waals surface area contributed by atoms with E-state index >= 15 is 0 Å². The van der Waals surface area contributed by atoms with Crippen LogP contribution < -0.4 is 0 Å². The molecule has 2 aromatic rings. The lowest BCUT2D eigenvalue weighted by molar-refractivity contribution is 0.783. The molecule has 0 aliphatic rings. The van der Waals surface area contributed by atoms with Crippen LogP contribution in [0.5, 0.6) is 0 Å². The van der Waals surface area contributed by atoms with E-state index in [-0.39, 0.29) is 0 Å². The van der Waals surface area contributed by atoms with Gasteiger partial charge in [-0.1, -0.05) is 25.4 Å². The normalized spacial score (nSPS) is 11.1. The van der Waals surface area contributed by atoms with E-state index in [1.807, 2.05) is 29.0 Å². The predicted octanol–water partition coefficient (Wildman–Crippen LogP) is 4.92. The average Bonchev–Trinajstić information content (AvgIpc) is 2.64. The molecule has 0 bridgehead atoms. The number of aromatic nitrogens is 2. The molecule has 0 atom stereocenters. The van der Waals surface area contributed by atoms with E-state index in [0.29, 0.717) is 15.7 Å². The number of nitrogens with zero attached hydrogens (tertiary/aromatic N) is 1. The Hall–Kier alpha value is -0.330. The second-order valence-corrected chi connectivity index (χ2v) is 6.14. The van der Waals surface area contributed by atoms with Crippen molar-refractivity contribution in [3.8, 4) is 5.69 Å². The second kappa shape index (κ2) is 5.12. The first-order valence-corrected chi connectivity index (χ1v) is 7.13.